The highest BCUT2D eigenvalue weighted by Gasteiger charge is 2.26. The fourth-order valence-electron chi connectivity index (χ4n) is 3.09. The number of benzene rings is 3. The summed E-state index contributed by atoms with van der Waals surface area (Å²) < 4.78 is 6.13. The van der Waals surface area contributed by atoms with E-state index >= 15 is 0 Å². The number of fused-ring (bicyclic) bond motifs is 1. The average Bonchev–Trinajstić information content (AvgIpc) is 2.72. The van der Waals surface area contributed by atoms with Crippen LogP contribution in [0.3, 0.4) is 0 Å². The number of ether oxygens (including phenoxy) is 1. The van der Waals surface area contributed by atoms with E-state index in [4.69, 9.17) is 4.74 Å². The molecular formula is C22H18N2O3. The molecule has 1 heterocycles. The van der Waals surface area contributed by atoms with Gasteiger partial charge in [0.2, 0.25) is 0 Å². The number of phenolic OH excluding ortho intramolecular Hbond substituents is 1. The molecule has 3 aromatic carbocycles. The summed E-state index contributed by atoms with van der Waals surface area (Å²) in [5, 5.41) is 14.2. The Morgan fingerprint density at radius 3 is 2.48 bits per heavy atom. The van der Waals surface area contributed by atoms with Crippen molar-refractivity contribution in [2.24, 2.45) is 5.10 Å². The van der Waals surface area contributed by atoms with E-state index in [1.807, 2.05) is 54.6 Å². The van der Waals surface area contributed by atoms with E-state index in [1.54, 1.807) is 18.2 Å². The van der Waals surface area contributed by atoms with Crippen LogP contribution in [0, 0.1) is 0 Å². The van der Waals surface area contributed by atoms with Gasteiger partial charge in [-0.1, -0.05) is 54.6 Å². The highest BCUT2D eigenvalue weighted by molar-refractivity contribution is 6.05. The second kappa shape index (κ2) is 7.33. The molecule has 1 aliphatic rings. The Hall–Kier alpha value is -3.60. The minimum Gasteiger partial charge on any atom is -0.507 e. The summed E-state index contributed by atoms with van der Waals surface area (Å²) in [7, 11) is 0. The third kappa shape index (κ3) is 3.53. The van der Waals surface area contributed by atoms with Gasteiger partial charge in [0, 0.05) is 12.0 Å². The lowest BCUT2D eigenvalue weighted by molar-refractivity contribution is 0.0951. The zero-order chi connectivity index (χ0) is 18.6. The summed E-state index contributed by atoms with van der Waals surface area (Å²) in [6.45, 7) is 0. The molecule has 0 fully saturated rings. The van der Waals surface area contributed by atoms with Crippen molar-refractivity contribution in [2.75, 3.05) is 0 Å². The number of carbonyl (C=O) groups is 1. The van der Waals surface area contributed by atoms with Gasteiger partial charge >= 0.3 is 0 Å². The summed E-state index contributed by atoms with van der Waals surface area (Å²) in [5.74, 6) is 0.193. The van der Waals surface area contributed by atoms with Crippen molar-refractivity contribution >= 4 is 11.6 Å². The number of nitrogens with zero attached hydrogens (tertiary/aromatic N) is 1. The van der Waals surface area contributed by atoms with Crippen LogP contribution in [-0.2, 0) is 0 Å². The second-order valence-corrected chi connectivity index (χ2v) is 6.23. The van der Waals surface area contributed by atoms with E-state index in [2.05, 4.69) is 10.5 Å². The largest absolute Gasteiger partial charge is 0.507 e. The SMILES string of the molecule is O=C(N/N=C1/C[C@H](c2ccccc2)Oc2ccccc21)c1ccccc1O. The minimum absolute atomic E-state index is 0.0789. The molecule has 5 heteroatoms. The van der Waals surface area contributed by atoms with Crippen molar-refractivity contribution < 1.29 is 14.6 Å². The fourth-order valence-corrected chi connectivity index (χ4v) is 3.09. The summed E-state index contributed by atoms with van der Waals surface area (Å²) in [6.07, 6.45) is 0.351. The highest BCUT2D eigenvalue weighted by atomic mass is 16.5. The van der Waals surface area contributed by atoms with Crippen molar-refractivity contribution in [3.63, 3.8) is 0 Å². The summed E-state index contributed by atoms with van der Waals surface area (Å²) in [4.78, 5) is 12.4. The Kier molecular flexibility index (Phi) is 4.58. The van der Waals surface area contributed by atoms with E-state index in [0.717, 1.165) is 22.6 Å². The van der Waals surface area contributed by atoms with E-state index in [0.29, 0.717) is 6.42 Å². The molecule has 134 valence electrons. The molecule has 1 amide bonds. The van der Waals surface area contributed by atoms with Crippen molar-refractivity contribution in [2.45, 2.75) is 12.5 Å². The Balaban J connectivity index is 1.63. The van der Waals surface area contributed by atoms with Gasteiger partial charge < -0.3 is 9.84 Å². The van der Waals surface area contributed by atoms with Gasteiger partial charge in [-0.2, -0.15) is 5.10 Å². The standard InChI is InChI=1S/C22H18N2O3/c25-19-12-6-4-11-17(19)22(26)24-23-18-14-21(15-8-2-1-3-9-15)27-20-13-7-5-10-16(18)20/h1-13,21,25H,14H2,(H,24,26)/b23-18-/t21-/m1/s1. The van der Waals surface area contributed by atoms with Crippen LogP contribution in [-0.4, -0.2) is 16.7 Å². The zero-order valence-corrected chi connectivity index (χ0v) is 14.5. The first-order chi connectivity index (χ1) is 13.2. The Bertz CT molecular complexity index is 999. The molecule has 0 saturated heterocycles. The van der Waals surface area contributed by atoms with E-state index < -0.39 is 5.91 Å². The zero-order valence-electron chi connectivity index (χ0n) is 14.5. The molecule has 0 spiro atoms. The average molecular weight is 358 g/mol. The Morgan fingerprint density at radius 1 is 0.963 bits per heavy atom. The van der Waals surface area contributed by atoms with Crippen molar-refractivity contribution in [3.8, 4) is 11.5 Å². The molecule has 27 heavy (non-hydrogen) atoms. The number of para-hydroxylation sites is 2. The smallest absolute Gasteiger partial charge is 0.275 e. The highest BCUT2D eigenvalue weighted by Crippen LogP contribution is 2.34. The molecule has 3 aromatic rings. The number of aromatic hydroxyl groups is 1. The molecule has 0 unspecified atom stereocenters. The quantitative estimate of drug-likeness (QED) is 0.694. The van der Waals surface area contributed by atoms with Crippen LogP contribution in [0.4, 0.5) is 0 Å². The molecule has 1 atom stereocenters. The lowest BCUT2D eigenvalue weighted by Gasteiger charge is -2.27. The first-order valence-corrected chi connectivity index (χ1v) is 8.68. The fraction of sp³-hybridized carbons (Fsp3) is 0.0909. The molecule has 0 aliphatic carbocycles. The number of hydrogen-bond acceptors (Lipinski definition) is 4. The number of nitrogens with one attached hydrogen (secondary N) is 1. The Labute approximate surface area is 156 Å². The first kappa shape index (κ1) is 16.8. The predicted molar refractivity (Wildman–Crippen MR) is 103 cm³/mol. The third-order valence-corrected chi connectivity index (χ3v) is 4.46. The van der Waals surface area contributed by atoms with Gasteiger partial charge in [0.05, 0.1) is 11.3 Å². The number of rotatable bonds is 3. The normalized spacial score (nSPS) is 17.0. The monoisotopic (exact) mass is 358 g/mol. The van der Waals surface area contributed by atoms with Crippen LogP contribution in [0.5, 0.6) is 11.5 Å². The second-order valence-electron chi connectivity index (χ2n) is 6.23. The number of carbonyl (C=O) groups excluding carboxylic acids is 1. The van der Waals surface area contributed by atoms with Gasteiger partial charge in [-0.25, -0.2) is 5.43 Å². The topological polar surface area (TPSA) is 70.9 Å². The van der Waals surface area contributed by atoms with Crippen molar-refractivity contribution in [1.82, 2.24) is 5.43 Å². The van der Waals surface area contributed by atoms with Crippen LogP contribution in [0.1, 0.15) is 34.0 Å². The van der Waals surface area contributed by atoms with Gasteiger partial charge in [0.25, 0.3) is 5.91 Å². The molecule has 0 aromatic heterocycles. The number of phenols is 1. The van der Waals surface area contributed by atoms with E-state index in [1.165, 1.54) is 6.07 Å². The van der Waals surface area contributed by atoms with Crippen molar-refractivity contribution in [3.05, 3.63) is 95.6 Å². The van der Waals surface area contributed by atoms with Crippen molar-refractivity contribution in [1.29, 1.82) is 0 Å². The van der Waals surface area contributed by atoms with Crippen LogP contribution in [0.2, 0.25) is 0 Å². The number of hydrogen-bond donors (Lipinski definition) is 2. The van der Waals surface area contributed by atoms with Crippen LogP contribution in [0.15, 0.2) is 84.0 Å². The molecule has 2 N–H and O–H groups in total. The van der Waals surface area contributed by atoms with Gasteiger partial charge in [-0.05, 0) is 29.8 Å². The van der Waals surface area contributed by atoms with Gasteiger partial charge in [-0.15, -0.1) is 0 Å². The van der Waals surface area contributed by atoms with E-state index in [9.17, 15) is 9.90 Å². The lowest BCUT2D eigenvalue weighted by atomic mass is 9.96. The maximum Gasteiger partial charge on any atom is 0.275 e. The molecule has 0 saturated carbocycles. The maximum atomic E-state index is 12.4. The van der Waals surface area contributed by atoms with Crippen LogP contribution >= 0.6 is 0 Å². The molecule has 1 aliphatic heterocycles. The summed E-state index contributed by atoms with van der Waals surface area (Å²) >= 11 is 0. The van der Waals surface area contributed by atoms with Gasteiger partial charge in [0.1, 0.15) is 17.6 Å². The van der Waals surface area contributed by atoms with E-state index in [-0.39, 0.29) is 17.4 Å². The first-order valence-electron chi connectivity index (χ1n) is 8.68. The third-order valence-electron chi connectivity index (χ3n) is 4.46. The van der Waals surface area contributed by atoms with Crippen LogP contribution < -0.4 is 10.2 Å². The summed E-state index contributed by atoms with van der Waals surface area (Å²) in [6, 6.07) is 23.9. The molecule has 5 nitrogen and oxygen atoms in total. The predicted octanol–water partition coefficient (Wildman–Crippen LogP) is 4.05. The Morgan fingerprint density at radius 2 is 1.67 bits per heavy atom. The molecule has 4 rings (SSSR count). The molecular weight excluding hydrogens is 340 g/mol. The number of hydrazone groups is 1. The van der Waals surface area contributed by atoms with Gasteiger partial charge in [-0.3, -0.25) is 4.79 Å². The maximum absolute atomic E-state index is 12.4. The minimum atomic E-state index is -0.458. The molecule has 0 bridgehead atoms. The van der Waals surface area contributed by atoms with Gasteiger partial charge in [0.15, 0.2) is 0 Å². The summed E-state index contributed by atoms with van der Waals surface area (Å²) in [5.41, 5.74) is 5.37. The lowest BCUT2D eigenvalue weighted by Crippen LogP contribution is -2.25. The number of amides is 1. The van der Waals surface area contributed by atoms with Crippen LogP contribution in [0.25, 0.3) is 0 Å². The molecule has 0 radical (unpaired) electrons.